The number of rotatable bonds is 5. The Hall–Kier alpha value is -1.73. The van der Waals surface area contributed by atoms with Crippen LogP contribution in [0.3, 0.4) is 0 Å². The van der Waals surface area contributed by atoms with Crippen LogP contribution < -0.4 is 9.47 Å². The lowest BCUT2D eigenvalue weighted by Crippen LogP contribution is -2.35. The number of ether oxygens (including phenoxy) is 2. The van der Waals surface area contributed by atoms with Crippen LogP contribution in [0.5, 0.6) is 11.5 Å². The Bertz CT molecular complexity index is 502. The summed E-state index contributed by atoms with van der Waals surface area (Å²) in [4.78, 5) is 2.26. The Labute approximate surface area is 127 Å². The molecule has 0 bridgehead atoms. The Morgan fingerprint density at radius 1 is 1.33 bits per heavy atom. The van der Waals surface area contributed by atoms with Crippen molar-refractivity contribution in [3.8, 4) is 17.6 Å². The summed E-state index contributed by atoms with van der Waals surface area (Å²) in [5.41, 5.74) is 0.983. The lowest BCUT2D eigenvalue weighted by molar-refractivity contribution is 0.164. The minimum atomic E-state index is -0.206. The molecule has 114 valence electrons. The molecule has 0 spiro atoms. The van der Waals surface area contributed by atoms with Gasteiger partial charge < -0.3 is 9.47 Å². The van der Waals surface area contributed by atoms with Gasteiger partial charge in [-0.1, -0.05) is 13.0 Å². The maximum absolute atomic E-state index is 9.58. The lowest BCUT2D eigenvalue weighted by atomic mass is 9.96. The normalized spacial score (nSPS) is 18.0. The predicted octanol–water partition coefficient (Wildman–Crippen LogP) is 3.39. The van der Waals surface area contributed by atoms with Gasteiger partial charge in [0, 0.05) is 0 Å². The molecule has 1 aliphatic rings. The van der Waals surface area contributed by atoms with Crippen molar-refractivity contribution in [2.75, 3.05) is 26.8 Å². The van der Waals surface area contributed by atoms with Crippen LogP contribution >= 0.6 is 0 Å². The quantitative estimate of drug-likeness (QED) is 0.833. The first-order valence-electron chi connectivity index (χ1n) is 7.64. The van der Waals surface area contributed by atoms with Gasteiger partial charge in [-0.25, -0.2) is 0 Å². The summed E-state index contributed by atoms with van der Waals surface area (Å²) in [6, 6.07) is 8.02. The minimum absolute atomic E-state index is 0.206. The van der Waals surface area contributed by atoms with Gasteiger partial charge in [-0.3, -0.25) is 4.90 Å². The molecule has 2 rings (SSSR count). The molecule has 1 heterocycles. The smallest absolute Gasteiger partial charge is 0.161 e. The van der Waals surface area contributed by atoms with Crippen molar-refractivity contribution in [3.05, 3.63) is 23.8 Å². The topological polar surface area (TPSA) is 45.5 Å². The third-order valence-corrected chi connectivity index (χ3v) is 4.11. The number of piperidine rings is 1. The van der Waals surface area contributed by atoms with Crippen molar-refractivity contribution in [2.45, 2.75) is 32.7 Å². The van der Waals surface area contributed by atoms with Crippen LogP contribution in [0.4, 0.5) is 0 Å². The summed E-state index contributed by atoms with van der Waals surface area (Å²) in [6.07, 6.45) is 2.32. The second-order valence-corrected chi connectivity index (χ2v) is 5.59. The molecule has 21 heavy (non-hydrogen) atoms. The molecular weight excluding hydrogens is 264 g/mol. The van der Waals surface area contributed by atoms with E-state index in [0.717, 1.165) is 37.4 Å². The van der Waals surface area contributed by atoms with E-state index in [2.05, 4.69) is 17.9 Å². The predicted molar refractivity (Wildman–Crippen MR) is 82.5 cm³/mol. The Morgan fingerprint density at radius 2 is 2.05 bits per heavy atom. The highest BCUT2D eigenvalue weighted by atomic mass is 16.5. The van der Waals surface area contributed by atoms with Crippen molar-refractivity contribution in [1.82, 2.24) is 4.90 Å². The summed E-state index contributed by atoms with van der Waals surface area (Å²) >= 11 is 0. The molecule has 4 heteroatoms. The maximum atomic E-state index is 9.58. The first kappa shape index (κ1) is 15.7. The summed E-state index contributed by atoms with van der Waals surface area (Å²) in [5, 5.41) is 9.58. The zero-order valence-electron chi connectivity index (χ0n) is 13.1. The monoisotopic (exact) mass is 288 g/mol. The van der Waals surface area contributed by atoms with Crippen LogP contribution in [0.15, 0.2) is 18.2 Å². The van der Waals surface area contributed by atoms with Gasteiger partial charge in [0.1, 0.15) is 6.04 Å². The number of likely N-dealkylation sites (tertiary alicyclic amines) is 1. The summed E-state index contributed by atoms with van der Waals surface area (Å²) in [7, 11) is 1.63. The summed E-state index contributed by atoms with van der Waals surface area (Å²) < 4.78 is 10.9. The molecule has 1 fully saturated rings. The van der Waals surface area contributed by atoms with Gasteiger partial charge in [-0.2, -0.15) is 5.26 Å². The van der Waals surface area contributed by atoms with Crippen LogP contribution in [0.25, 0.3) is 0 Å². The van der Waals surface area contributed by atoms with Gasteiger partial charge in [0.15, 0.2) is 11.5 Å². The average Bonchev–Trinajstić information content (AvgIpc) is 2.50. The van der Waals surface area contributed by atoms with Crippen LogP contribution in [-0.2, 0) is 0 Å². The molecule has 0 aromatic heterocycles. The molecule has 0 amide bonds. The molecule has 0 aliphatic carbocycles. The van der Waals surface area contributed by atoms with Crippen LogP contribution in [0.1, 0.15) is 38.3 Å². The van der Waals surface area contributed by atoms with Crippen molar-refractivity contribution in [3.63, 3.8) is 0 Å². The third kappa shape index (κ3) is 3.68. The van der Waals surface area contributed by atoms with Gasteiger partial charge in [-0.05, 0) is 56.5 Å². The van der Waals surface area contributed by atoms with Crippen molar-refractivity contribution in [2.24, 2.45) is 5.92 Å². The van der Waals surface area contributed by atoms with Crippen LogP contribution in [-0.4, -0.2) is 31.7 Å². The standard InChI is InChI=1S/C17H24N2O2/c1-4-21-17-11-14(5-6-16(17)20-3)15(12-18)19-9-7-13(2)8-10-19/h5-6,11,13,15H,4,7-10H2,1-3H3. The van der Waals surface area contributed by atoms with Gasteiger partial charge >= 0.3 is 0 Å². The highest BCUT2D eigenvalue weighted by Gasteiger charge is 2.25. The number of methoxy groups -OCH3 is 1. The minimum Gasteiger partial charge on any atom is -0.493 e. The van der Waals surface area contributed by atoms with E-state index in [9.17, 15) is 5.26 Å². The lowest BCUT2D eigenvalue weighted by Gasteiger charge is -2.33. The fraction of sp³-hybridized carbons (Fsp3) is 0.588. The van der Waals surface area contributed by atoms with Crippen LogP contribution in [0.2, 0.25) is 0 Å². The summed E-state index contributed by atoms with van der Waals surface area (Å²) in [6.45, 7) is 6.77. The molecular formula is C17H24N2O2. The number of benzene rings is 1. The Morgan fingerprint density at radius 3 is 2.62 bits per heavy atom. The zero-order chi connectivity index (χ0) is 15.2. The molecule has 1 aliphatic heterocycles. The second-order valence-electron chi connectivity index (χ2n) is 5.59. The van der Waals surface area contributed by atoms with E-state index in [0.29, 0.717) is 18.1 Å². The molecule has 0 N–H and O–H groups in total. The SMILES string of the molecule is CCOc1cc(C(C#N)N2CCC(C)CC2)ccc1OC. The van der Waals surface area contributed by atoms with Gasteiger partial charge in [0.2, 0.25) is 0 Å². The highest BCUT2D eigenvalue weighted by Crippen LogP contribution is 2.33. The van der Waals surface area contributed by atoms with E-state index in [1.165, 1.54) is 0 Å². The Balaban J connectivity index is 2.22. The van der Waals surface area contributed by atoms with E-state index in [1.54, 1.807) is 7.11 Å². The third-order valence-electron chi connectivity index (χ3n) is 4.11. The van der Waals surface area contributed by atoms with Gasteiger partial charge in [0.05, 0.1) is 19.8 Å². The summed E-state index contributed by atoms with van der Waals surface area (Å²) in [5.74, 6) is 2.18. The van der Waals surface area contributed by atoms with E-state index in [4.69, 9.17) is 9.47 Å². The molecule has 4 nitrogen and oxygen atoms in total. The highest BCUT2D eigenvalue weighted by molar-refractivity contribution is 5.44. The van der Waals surface area contributed by atoms with E-state index >= 15 is 0 Å². The van der Waals surface area contributed by atoms with E-state index in [1.807, 2.05) is 25.1 Å². The zero-order valence-corrected chi connectivity index (χ0v) is 13.1. The maximum Gasteiger partial charge on any atom is 0.161 e. The van der Waals surface area contributed by atoms with Gasteiger partial charge in [-0.15, -0.1) is 0 Å². The molecule has 1 unspecified atom stereocenters. The van der Waals surface area contributed by atoms with Crippen molar-refractivity contribution >= 4 is 0 Å². The van der Waals surface area contributed by atoms with Crippen molar-refractivity contribution < 1.29 is 9.47 Å². The first-order chi connectivity index (χ1) is 10.2. The number of nitrogens with zero attached hydrogens (tertiary/aromatic N) is 2. The Kier molecular flexibility index (Phi) is 5.46. The van der Waals surface area contributed by atoms with Crippen molar-refractivity contribution in [1.29, 1.82) is 5.26 Å². The van der Waals surface area contributed by atoms with Gasteiger partial charge in [0.25, 0.3) is 0 Å². The number of hydrogen-bond donors (Lipinski definition) is 0. The molecule has 1 saturated heterocycles. The molecule has 0 saturated carbocycles. The fourth-order valence-corrected chi connectivity index (χ4v) is 2.79. The second kappa shape index (κ2) is 7.33. The molecule has 0 radical (unpaired) electrons. The number of nitriles is 1. The van der Waals surface area contributed by atoms with Crippen LogP contribution in [0, 0.1) is 17.2 Å². The average molecular weight is 288 g/mol. The number of hydrogen-bond acceptors (Lipinski definition) is 4. The van der Waals surface area contributed by atoms with E-state index in [-0.39, 0.29) is 6.04 Å². The molecule has 1 aromatic carbocycles. The largest absolute Gasteiger partial charge is 0.493 e. The fourth-order valence-electron chi connectivity index (χ4n) is 2.79. The molecule has 1 atom stereocenters. The molecule has 1 aromatic rings. The first-order valence-corrected chi connectivity index (χ1v) is 7.64. The van der Waals surface area contributed by atoms with E-state index < -0.39 is 0 Å².